The minimum atomic E-state index is -0.604. The molecule has 8 nitrogen and oxygen atoms in total. The number of rotatable bonds is 5. The molecule has 3 rings (SSSR count). The molecule has 2 N–H and O–H groups in total. The molecule has 28 heavy (non-hydrogen) atoms. The van der Waals surface area contributed by atoms with E-state index in [4.69, 9.17) is 11.6 Å². The molecule has 0 aliphatic heterocycles. The number of thiazole rings is 1. The number of non-ortho nitro benzene ring substituents is 1. The van der Waals surface area contributed by atoms with E-state index in [9.17, 15) is 19.7 Å². The molecular weight excluding hydrogens is 404 g/mol. The van der Waals surface area contributed by atoms with Crippen molar-refractivity contribution in [3.8, 4) is 0 Å². The van der Waals surface area contributed by atoms with Gasteiger partial charge in [0, 0.05) is 23.2 Å². The van der Waals surface area contributed by atoms with Crippen molar-refractivity contribution >= 4 is 51.3 Å². The lowest BCUT2D eigenvalue weighted by Gasteiger charge is -2.11. The van der Waals surface area contributed by atoms with Crippen molar-refractivity contribution in [2.75, 3.05) is 10.6 Å². The highest BCUT2D eigenvalue weighted by atomic mass is 35.5. The first kappa shape index (κ1) is 19.5. The van der Waals surface area contributed by atoms with Crippen molar-refractivity contribution in [2.45, 2.75) is 6.92 Å². The minimum Gasteiger partial charge on any atom is -0.321 e. The highest BCUT2D eigenvalue weighted by Gasteiger charge is 2.18. The molecule has 0 aliphatic rings. The number of aryl methyl sites for hydroxylation is 1. The second kappa shape index (κ2) is 8.15. The number of hydrogen-bond acceptors (Lipinski definition) is 6. The first-order chi connectivity index (χ1) is 13.3. The van der Waals surface area contributed by atoms with Crippen molar-refractivity contribution in [2.24, 2.45) is 0 Å². The predicted molar refractivity (Wildman–Crippen MR) is 107 cm³/mol. The average molecular weight is 417 g/mol. The third kappa shape index (κ3) is 4.33. The largest absolute Gasteiger partial charge is 0.321 e. The van der Waals surface area contributed by atoms with Crippen LogP contribution in [0.15, 0.2) is 48.7 Å². The van der Waals surface area contributed by atoms with Gasteiger partial charge in [-0.15, -0.1) is 11.3 Å². The number of para-hydroxylation sites is 1. The molecule has 0 fully saturated rings. The van der Waals surface area contributed by atoms with Crippen molar-refractivity contribution < 1.29 is 14.5 Å². The van der Waals surface area contributed by atoms with Crippen molar-refractivity contribution in [3.05, 3.63) is 79.8 Å². The Morgan fingerprint density at radius 2 is 1.82 bits per heavy atom. The zero-order chi connectivity index (χ0) is 20.3. The Balaban J connectivity index is 1.82. The topological polar surface area (TPSA) is 114 Å². The van der Waals surface area contributed by atoms with E-state index < -0.39 is 16.7 Å². The molecule has 0 saturated carbocycles. The summed E-state index contributed by atoms with van der Waals surface area (Å²) < 4.78 is 0. The van der Waals surface area contributed by atoms with Gasteiger partial charge >= 0.3 is 0 Å². The molecule has 10 heteroatoms. The summed E-state index contributed by atoms with van der Waals surface area (Å²) in [5, 5.41) is 16.5. The standard InChI is InChI=1S/C18H13ClN4O4S/c1-10-9-20-18(28-10)22-17(25)13-4-2-3-5-15(13)21-16(24)12-7-6-11(23(26)27)8-14(12)19/h2-9H,1H3,(H,21,24)(H,20,22,25). The molecule has 0 bridgehead atoms. The van der Waals surface area contributed by atoms with Gasteiger partial charge < -0.3 is 5.32 Å². The van der Waals surface area contributed by atoms with Gasteiger partial charge in [-0.2, -0.15) is 0 Å². The average Bonchev–Trinajstić information content (AvgIpc) is 3.06. The zero-order valence-electron chi connectivity index (χ0n) is 14.4. The van der Waals surface area contributed by atoms with Gasteiger partial charge in [-0.25, -0.2) is 4.98 Å². The maximum Gasteiger partial charge on any atom is 0.270 e. The Hall–Kier alpha value is -3.30. The van der Waals surface area contributed by atoms with E-state index in [2.05, 4.69) is 15.6 Å². The maximum atomic E-state index is 12.6. The number of benzene rings is 2. The second-order valence-electron chi connectivity index (χ2n) is 5.65. The third-order valence-electron chi connectivity index (χ3n) is 3.67. The number of nitro groups is 1. The van der Waals surface area contributed by atoms with Gasteiger partial charge in [0.1, 0.15) is 0 Å². The summed E-state index contributed by atoms with van der Waals surface area (Å²) in [5.74, 6) is -1.02. The molecule has 0 aliphatic carbocycles. The van der Waals surface area contributed by atoms with Gasteiger partial charge in [-0.3, -0.25) is 25.0 Å². The number of halogens is 1. The Labute approximate surface area is 168 Å². The van der Waals surface area contributed by atoms with Gasteiger partial charge in [-0.05, 0) is 25.1 Å². The van der Waals surface area contributed by atoms with E-state index in [1.807, 2.05) is 6.92 Å². The summed E-state index contributed by atoms with van der Waals surface area (Å²) in [6.07, 6.45) is 1.64. The van der Waals surface area contributed by atoms with Crippen LogP contribution in [0.3, 0.4) is 0 Å². The highest BCUT2D eigenvalue weighted by molar-refractivity contribution is 7.15. The molecule has 0 spiro atoms. The summed E-state index contributed by atoms with van der Waals surface area (Å²) in [4.78, 5) is 40.3. The molecule has 3 aromatic rings. The smallest absolute Gasteiger partial charge is 0.270 e. The van der Waals surface area contributed by atoms with Crippen LogP contribution in [0, 0.1) is 17.0 Å². The summed E-state index contributed by atoms with van der Waals surface area (Å²) in [5.41, 5.74) is 0.340. The van der Waals surface area contributed by atoms with E-state index in [0.29, 0.717) is 5.13 Å². The lowest BCUT2D eigenvalue weighted by atomic mass is 10.1. The fourth-order valence-corrected chi connectivity index (χ4v) is 3.28. The van der Waals surface area contributed by atoms with Crippen LogP contribution in [0.1, 0.15) is 25.6 Å². The predicted octanol–water partition coefficient (Wildman–Crippen LogP) is 4.52. The summed E-state index contributed by atoms with van der Waals surface area (Å²) in [6.45, 7) is 1.87. The number of hydrogen-bond donors (Lipinski definition) is 2. The number of anilines is 2. The molecule has 2 aromatic carbocycles. The van der Waals surface area contributed by atoms with Crippen LogP contribution in [0.2, 0.25) is 5.02 Å². The number of carbonyl (C=O) groups is 2. The van der Waals surface area contributed by atoms with Crippen LogP contribution in [0.4, 0.5) is 16.5 Å². The van der Waals surface area contributed by atoms with Gasteiger partial charge in [0.05, 0.1) is 26.8 Å². The number of amides is 2. The molecular formula is C18H13ClN4O4S. The molecule has 0 unspecified atom stereocenters. The SMILES string of the molecule is Cc1cnc(NC(=O)c2ccccc2NC(=O)c2ccc([N+](=O)[O-])cc2Cl)s1. The Morgan fingerprint density at radius 1 is 1.11 bits per heavy atom. The fraction of sp³-hybridized carbons (Fsp3) is 0.0556. The van der Waals surface area contributed by atoms with Gasteiger partial charge in [-0.1, -0.05) is 23.7 Å². The molecule has 2 amide bonds. The summed E-state index contributed by atoms with van der Waals surface area (Å²) in [6, 6.07) is 10.00. The maximum absolute atomic E-state index is 12.6. The van der Waals surface area contributed by atoms with E-state index >= 15 is 0 Å². The van der Waals surface area contributed by atoms with Gasteiger partial charge in [0.25, 0.3) is 17.5 Å². The monoisotopic (exact) mass is 416 g/mol. The quantitative estimate of drug-likeness (QED) is 0.468. The Bertz CT molecular complexity index is 1080. The zero-order valence-corrected chi connectivity index (χ0v) is 16.0. The van der Waals surface area contributed by atoms with E-state index in [1.54, 1.807) is 30.5 Å². The van der Waals surface area contributed by atoms with Crippen LogP contribution in [0.25, 0.3) is 0 Å². The summed E-state index contributed by atoms with van der Waals surface area (Å²) in [7, 11) is 0. The van der Waals surface area contributed by atoms with Crippen LogP contribution in [-0.4, -0.2) is 21.7 Å². The second-order valence-corrected chi connectivity index (χ2v) is 7.29. The molecule has 0 radical (unpaired) electrons. The van der Waals surface area contributed by atoms with Crippen LogP contribution >= 0.6 is 22.9 Å². The Kier molecular flexibility index (Phi) is 5.67. The van der Waals surface area contributed by atoms with Crippen LogP contribution in [-0.2, 0) is 0 Å². The van der Waals surface area contributed by atoms with E-state index in [1.165, 1.54) is 23.5 Å². The number of nitrogens with zero attached hydrogens (tertiary/aromatic N) is 2. The first-order valence-corrected chi connectivity index (χ1v) is 9.12. The molecule has 0 atom stereocenters. The lowest BCUT2D eigenvalue weighted by molar-refractivity contribution is -0.384. The molecule has 0 saturated heterocycles. The van der Waals surface area contributed by atoms with E-state index in [0.717, 1.165) is 10.9 Å². The number of nitrogens with one attached hydrogen (secondary N) is 2. The molecule has 1 aromatic heterocycles. The highest BCUT2D eigenvalue weighted by Crippen LogP contribution is 2.25. The van der Waals surface area contributed by atoms with Crippen LogP contribution < -0.4 is 10.6 Å². The number of carbonyl (C=O) groups excluding carboxylic acids is 2. The van der Waals surface area contributed by atoms with Gasteiger partial charge in [0.15, 0.2) is 5.13 Å². The lowest BCUT2D eigenvalue weighted by Crippen LogP contribution is -2.18. The van der Waals surface area contributed by atoms with Crippen molar-refractivity contribution in [3.63, 3.8) is 0 Å². The third-order valence-corrected chi connectivity index (χ3v) is 4.81. The molecule has 142 valence electrons. The van der Waals surface area contributed by atoms with Gasteiger partial charge in [0.2, 0.25) is 0 Å². The summed E-state index contributed by atoms with van der Waals surface area (Å²) >= 11 is 7.33. The van der Waals surface area contributed by atoms with Crippen molar-refractivity contribution in [1.82, 2.24) is 4.98 Å². The first-order valence-electron chi connectivity index (χ1n) is 7.93. The van der Waals surface area contributed by atoms with Crippen LogP contribution in [0.5, 0.6) is 0 Å². The Morgan fingerprint density at radius 3 is 2.46 bits per heavy atom. The van der Waals surface area contributed by atoms with E-state index in [-0.39, 0.29) is 27.5 Å². The fourth-order valence-electron chi connectivity index (χ4n) is 2.36. The number of aromatic nitrogens is 1. The molecule has 1 heterocycles. The van der Waals surface area contributed by atoms with Crippen molar-refractivity contribution in [1.29, 1.82) is 0 Å². The number of nitro benzene ring substituents is 1. The normalized spacial score (nSPS) is 10.4. The minimum absolute atomic E-state index is 0.0537.